The average molecular weight is 347 g/mol. The van der Waals surface area contributed by atoms with E-state index in [2.05, 4.69) is 4.74 Å². The van der Waals surface area contributed by atoms with Gasteiger partial charge < -0.3 is 23.6 Å². The Morgan fingerprint density at radius 3 is 2.19 bits per heavy atom. The molecule has 0 radical (unpaired) electrons. The molecule has 0 aliphatic carbocycles. The summed E-state index contributed by atoms with van der Waals surface area (Å²) >= 11 is 5.30. The lowest BCUT2D eigenvalue weighted by Gasteiger charge is -2.32. The number of halogens is 1. The van der Waals surface area contributed by atoms with Crippen molar-refractivity contribution in [1.29, 1.82) is 0 Å². The maximum atomic E-state index is 12.3. The van der Waals surface area contributed by atoms with Crippen LogP contribution in [0, 0.1) is 0 Å². The van der Waals surface area contributed by atoms with Crippen molar-refractivity contribution in [3.63, 3.8) is 0 Å². The fraction of sp³-hybridized carbons (Fsp3) is 0.818. The predicted molar refractivity (Wildman–Crippen MR) is 73.9 cm³/mol. The maximum absolute atomic E-state index is 12.3. The van der Waals surface area contributed by atoms with Crippen molar-refractivity contribution >= 4 is 31.1 Å². The number of hydrogen-bond donors (Lipinski definition) is 1. The minimum atomic E-state index is -4.67. The largest absolute Gasteiger partial charge is 0.466 e. The van der Waals surface area contributed by atoms with Crippen LogP contribution in [0.3, 0.4) is 0 Å². The lowest BCUT2D eigenvalue weighted by atomic mass is 10.2. The second kappa shape index (κ2) is 9.38. The van der Waals surface area contributed by atoms with Crippen molar-refractivity contribution in [3.8, 4) is 0 Å². The number of ether oxygens (including phenoxy) is 3. The first-order valence-corrected chi connectivity index (χ1v) is 8.42. The molecule has 0 aliphatic rings. The Balaban J connectivity index is 5.69. The highest BCUT2D eigenvalue weighted by atomic mass is 35.5. The number of alkyl halides is 1. The molecule has 0 fully saturated rings. The van der Waals surface area contributed by atoms with E-state index in [0.29, 0.717) is 0 Å². The quantitative estimate of drug-likeness (QED) is 0.361. The molecule has 0 spiro atoms. The smallest absolute Gasteiger partial charge is 0.371 e. The van der Waals surface area contributed by atoms with E-state index in [9.17, 15) is 19.0 Å². The zero-order chi connectivity index (χ0) is 16.5. The molecule has 0 aromatic carbocycles. The van der Waals surface area contributed by atoms with Gasteiger partial charge in [0, 0.05) is 6.61 Å². The molecule has 0 heterocycles. The Bertz CT molecular complexity index is 402. The van der Waals surface area contributed by atoms with Crippen molar-refractivity contribution in [2.45, 2.75) is 32.5 Å². The summed E-state index contributed by atoms with van der Waals surface area (Å²) in [6.45, 7) is 4.24. The van der Waals surface area contributed by atoms with Crippen LogP contribution in [0.2, 0.25) is 0 Å². The fourth-order valence-electron chi connectivity index (χ4n) is 1.57. The standard InChI is InChI=1S/C11H20ClO8P/c1-4-17-9(13)7-11(19-5-2,10(14)18-8-12)21(15,16)20-6-3/h4-8H2,1-3H3,(H,15,16). The van der Waals surface area contributed by atoms with Crippen LogP contribution in [0.4, 0.5) is 0 Å². The molecule has 2 atom stereocenters. The highest BCUT2D eigenvalue weighted by Gasteiger charge is 2.59. The highest BCUT2D eigenvalue weighted by molar-refractivity contribution is 7.55. The second-order valence-electron chi connectivity index (χ2n) is 3.68. The number of carbonyl (C=O) groups is 2. The summed E-state index contributed by atoms with van der Waals surface area (Å²) in [6, 6.07) is -0.567. The van der Waals surface area contributed by atoms with Gasteiger partial charge in [-0.3, -0.25) is 9.36 Å². The van der Waals surface area contributed by atoms with Gasteiger partial charge in [-0.1, -0.05) is 11.6 Å². The van der Waals surface area contributed by atoms with Gasteiger partial charge in [-0.25, -0.2) is 4.79 Å². The molecule has 0 aliphatic heterocycles. The minimum Gasteiger partial charge on any atom is -0.466 e. The van der Waals surface area contributed by atoms with Crippen molar-refractivity contribution in [2.24, 2.45) is 0 Å². The van der Waals surface area contributed by atoms with Crippen LogP contribution < -0.4 is 0 Å². The van der Waals surface area contributed by atoms with Gasteiger partial charge in [0.05, 0.1) is 19.6 Å². The lowest BCUT2D eigenvalue weighted by Crippen LogP contribution is -2.45. The molecular weight excluding hydrogens is 327 g/mol. The van der Waals surface area contributed by atoms with Gasteiger partial charge in [0.1, 0.15) is 0 Å². The first-order chi connectivity index (χ1) is 9.81. The van der Waals surface area contributed by atoms with Gasteiger partial charge >= 0.3 is 19.5 Å². The summed E-state index contributed by atoms with van der Waals surface area (Å²) < 4.78 is 31.4. The number of carbonyl (C=O) groups excluding carboxylic acids is 2. The third-order valence-electron chi connectivity index (χ3n) is 2.34. The summed E-state index contributed by atoms with van der Waals surface area (Å²) in [5.41, 5.74) is 0. The predicted octanol–water partition coefficient (Wildman–Crippen LogP) is 1.63. The first-order valence-electron chi connectivity index (χ1n) is 6.31. The van der Waals surface area contributed by atoms with Gasteiger partial charge in [0.15, 0.2) is 6.07 Å². The van der Waals surface area contributed by atoms with Crippen molar-refractivity contribution in [2.75, 3.05) is 25.9 Å². The monoisotopic (exact) mass is 346 g/mol. The van der Waals surface area contributed by atoms with Crippen LogP contribution in [0.15, 0.2) is 0 Å². The Morgan fingerprint density at radius 1 is 1.14 bits per heavy atom. The van der Waals surface area contributed by atoms with Crippen LogP contribution >= 0.6 is 19.2 Å². The van der Waals surface area contributed by atoms with Crippen LogP contribution in [0.1, 0.15) is 27.2 Å². The molecular formula is C11H20ClO8P. The zero-order valence-electron chi connectivity index (χ0n) is 12.2. The molecule has 0 amide bonds. The SMILES string of the molecule is CCOC(=O)CC(OCC)(C(=O)OCCl)P(=O)(O)OCC. The number of hydrogen-bond acceptors (Lipinski definition) is 7. The fourth-order valence-corrected chi connectivity index (χ4v) is 3.14. The van der Waals surface area contributed by atoms with Gasteiger partial charge in [0.2, 0.25) is 0 Å². The number of esters is 2. The molecule has 10 heteroatoms. The summed E-state index contributed by atoms with van der Waals surface area (Å²) in [5, 5.41) is -2.50. The molecule has 0 aromatic heterocycles. The molecule has 1 N–H and O–H groups in total. The van der Waals surface area contributed by atoms with Crippen molar-refractivity contribution in [3.05, 3.63) is 0 Å². The Morgan fingerprint density at radius 2 is 1.76 bits per heavy atom. The average Bonchev–Trinajstić information content (AvgIpc) is 2.38. The minimum absolute atomic E-state index is 0.0377. The van der Waals surface area contributed by atoms with Gasteiger partial charge in [-0.15, -0.1) is 0 Å². The molecule has 21 heavy (non-hydrogen) atoms. The van der Waals surface area contributed by atoms with Crippen LogP contribution in [0.25, 0.3) is 0 Å². The van der Waals surface area contributed by atoms with Crippen LogP contribution in [-0.4, -0.2) is 48.1 Å². The first kappa shape index (κ1) is 20.3. The van der Waals surface area contributed by atoms with Crippen LogP contribution in [0.5, 0.6) is 0 Å². The topological polar surface area (TPSA) is 108 Å². The normalized spacial score (nSPS) is 16.6. The van der Waals surface area contributed by atoms with E-state index < -0.39 is 37.4 Å². The van der Waals surface area contributed by atoms with Gasteiger partial charge in [0.25, 0.3) is 5.34 Å². The third-order valence-corrected chi connectivity index (χ3v) is 4.44. The molecule has 0 bridgehead atoms. The Hall–Kier alpha value is -0.660. The summed E-state index contributed by atoms with van der Waals surface area (Å²) in [5.74, 6) is -2.15. The third kappa shape index (κ3) is 5.23. The van der Waals surface area contributed by atoms with Crippen LogP contribution in [-0.2, 0) is 32.9 Å². The summed E-state index contributed by atoms with van der Waals surface area (Å²) in [4.78, 5) is 33.8. The van der Waals surface area contributed by atoms with E-state index in [0.717, 1.165) is 0 Å². The molecule has 0 saturated heterocycles. The molecule has 8 nitrogen and oxygen atoms in total. The molecule has 0 saturated carbocycles. The van der Waals surface area contributed by atoms with Gasteiger partial charge in [-0.2, -0.15) is 0 Å². The molecule has 0 aromatic rings. The van der Waals surface area contributed by atoms with E-state index >= 15 is 0 Å². The van der Waals surface area contributed by atoms with E-state index in [1.54, 1.807) is 6.92 Å². The van der Waals surface area contributed by atoms with Crippen molar-refractivity contribution < 1.29 is 37.8 Å². The van der Waals surface area contributed by atoms with E-state index in [1.165, 1.54) is 13.8 Å². The summed E-state index contributed by atoms with van der Waals surface area (Å²) in [7, 11) is -4.67. The number of rotatable bonds is 10. The Kier molecular flexibility index (Phi) is 9.08. The van der Waals surface area contributed by atoms with Crippen molar-refractivity contribution in [1.82, 2.24) is 0 Å². The molecule has 0 rings (SSSR count). The van der Waals surface area contributed by atoms with Gasteiger partial charge in [-0.05, 0) is 20.8 Å². The van der Waals surface area contributed by atoms with E-state index in [1.807, 2.05) is 0 Å². The maximum Gasteiger partial charge on any atom is 0.371 e. The van der Waals surface area contributed by atoms with E-state index in [-0.39, 0.29) is 19.8 Å². The molecule has 124 valence electrons. The zero-order valence-corrected chi connectivity index (χ0v) is 13.8. The summed E-state index contributed by atoms with van der Waals surface area (Å²) in [6.07, 6.45) is -0.821. The lowest BCUT2D eigenvalue weighted by molar-refractivity contribution is -0.169. The Labute approximate surface area is 128 Å². The highest BCUT2D eigenvalue weighted by Crippen LogP contribution is 2.58. The van der Waals surface area contributed by atoms with E-state index in [4.69, 9.17) is 25.6 Å². The molecule has 2 unspecified atom stereocenters. The second-order valence-corrected chi connectivity index (χ2v) is 5.92.